The van der Waals surface area contributed by atoms with E-state index in [0.717, 1.165) is 0 Å². The van der Waals surface area contributed by atoms with E-state index in [4.69, 9.17) is 31.0 Å². The van der Waals surface area contributed by atoms with Gasteiger partial charge in [-0.3, -0.25) is 0 Å². The van der Waals surface area contributed by atoms with Crippen molar-refractivity contribution in [2.45, 2.75) is 0 Å². The average molecular weight is 175 g/mol. The summed E-state index contributed by atoms with van der Waals surface area (Å²) < 4.78 is 12.6. The first kappa shape index (κ1) is 7.90. The molecule has 50 valence electrons. The van der Waals surface area contributed by atoms with Crippen LogP contribution in [-0.2, 0) is 0 Å². The van der Waals surface area contributed by atoms with Gasteiger partial charge in [-0.2, -0.15) is 0 Å². The maximum atomic E-state index is 12.6. The smallest absolute Gasteiger partial charge is 0.134 e. The summed E-state index contributed by atoms with van der Waals surface area (Å²) in [6.07, 6.45) is 0. The lowest BCUT2D eigenvalue weighted by Gasteiger charge is -1.98. The van der Waals surface area contributed by atoms with Gasteiger partial charge in [0.15, 0.2) is 0 Å². The van der Waals surface area contributed by atoms with Gasteiger partial charge >= 0.3 is 0 Å². The molecule has 0 fully saturated rings. The molecule has 0 aliphatic rings. The normalized spacial score (nSPS) is 9.90. The second-order valence-corrected chi connectivity index (χ2v) is 2.63. The number of rotatable bonds is 0. The van der Waals surface area contributed by atoms with Crippen molar-refractivity contribution in [1.82, 2.24) is 0 Å². The van der Waals surface area contributed by atoms with Crippen LogP contribution in [0.3, 0.4) is 0 Å². The second-order valence-electron chi connectivity index (χ2n) is 1.79. The van der Waals surface area contributed by atoms with Crippen molar-refractivity contribution in [3.63, 3.8) is 0 Å². The molecule has 0 bridgehead atoms. The van der Waals surface area contributed by atoms with Gasteiger partial charge in [0.2, 0.25) is 0 Å². The minimum Gasteiger partial charge on any atom is -0.206 e. The van der Waals surface area contributed by atoms with Crippen LogP contribution in [0, 0.1) is 5.82 Å². The van der Waals surface area contributed by atoms with Crippen molar-refractivity contribution >= 4 is 36.5 Å². The summed E-state index contributed by atoms with van der Waals surface area (Å²) in [4.78, 5) is 0. The summed E-state index contributed by atoms with van der Waals surface area (Å²) in [5.41, 5.74) is -0.0301. The van der Waals surface area contributed by atoms with Crippen LogP contribution < -0.4 is 5.46 Å². The van der Waals surface area contributed by atoms with Crippen LogP contribution in [0.2, 0.25) is 10.0 Å². The third-order valence-electron chi connectivity index (χ3n) is 1.02. The van der Waals surface area contributed by atoms with Crippen LogP contribution >= 0.6 is 23.2 Å². The Morgan fingerprint density at radius 3 is 2.40 bits per heavy atom. The van der Waals surface area contributed by atoms with Crippen molar-refractivity contribution in [2.24, 2.45) is 0 Å². The Hall–Kier alpha value is -0.205. The molecular weight excluding hydrogens is 173 g/mol. The minimum atomic E-state index is -0.619. The van der Waals surface area contributed by atoms with Crippen LogP contribution in [0.1, 0.15) is 0 Å². The highest BCUT2D eigenvalue weighted by Crippen LogP contribution is 2.16. The average Bonchev–Trinajstić information content (AvgIpc) is 1.82. The van der Waals surface area contributed by atoms with Crippen molar-refractivity contribution < 1.29 is 4.39 Å². The standard InChI is InChI=1S/C6H2BCl2F/c7-4-1-3(8)2-5(9)6(4)10/h1-2H. The number of benzene rings is 1. The maximum Gasteiger partial charge on any atom is 0.134 e. The molecule has 0 saturated carbocycles. The summed E-state index contributed by atoms with van der Waals surface area (Å²) in [7, 11) is 5.18. The molecule has 0 atom stereocenters. The Labute approximate surface area is 69.4 Å². The number of hydrogen-bond acceptors (Lipinski definition) is 0. The molecule has 10 heavy (non-hydrogen) atoms. The van der Waals surface area contributed by atoms with Gasteiger partial charge < -0.3 is 0 Å². The van der Waals surface area contributed by atoms with E-state index in [9.17, 15) is 4.39 Å². The van der Waals surface area contributed by atoms with Gasteiger partial charge in [-0.05, 0) is 12.1 Å². The highest BCUT2D eigenvalue weighted by Gasteiger charge is 2.02. The van der Waals surface area contributed by atoms with Crippen LogP contribution in [-0.4, -0.2) is 7.85 Å². The predicted octanol–water partition coefficient (Wildman–Crippen LogP) is 1.93. The third-order valence-corrected chi connectivity index (χ3v) is 1.51. The molecule has 0 aliphatic carbocycles. The van der Waals surface area contributed by atoms with Crippen LogP contribution in [0.4, 0.5) is 4.39 Å². The van der Waals surface area contributed by atoms with E-state index in [1.165, 1.54) is 12.1 Å². The Morgan fingerprint density at radius 1 is 1.30 bits per heavy atom. The Kier molecular flexibility index (Phi) is 2.22. The van der Waals surface area contributed by atoms with E-state index in [1.807, 2.05) is 0 Å². The molecular formula is C6H2BCl2F. The predicted molar refractivity (Wildman–Crippen MR) is 41.8 cm³/mol. The van der Waals surface area contributed by atoms with Crippen molar-refractivity contribution in [1.29, 1.82) is 0 Å². The fourth-order valence-corrected chi connectivity index (χ4v) is 1.09. The van der Waals surface area contributed by atoms with Crippen LogP contribution in [0.15, 0.2) is 12.1 Å². The summed E-state index contributed by atoms with van der Waals surface area (Å²) in [6.45, 7) is 0. The Bertz CT molecular complexity index is 239. The molecule has 0 heterocycles. The molecule has 4 heteroatoms. The Morgan fingerprint density at radius 2 is 1.90 bits per heavy atom. The zero-order valence-electron chi connectivity index (χ0n) is 4.87. The van der Waals surface area contributed by atoms with E-state index >= 15 is 0 Å². The molecule has 1 rings (SSSR count). The van der Waals surface area contributed by atoms with Crippen molar-refractivity contribution in [3.05, 3.63) is 28.0 Å². The second kappa shape index (κ2) is 2.81. The van der Waals surface area contributed by atoms with Gasteiger partial charge in [-0.1, -0.05) is 28.7 Å². The molecule has 0 amide bonds. The quantitative estimate of drug-likeness (QED) is 0.417. The molecule has 0 N–H and O–H groups in total. The highest BCUT2D eigenvalue weighted by molar-refractivity contribution is 6.40. The first-order valence-corrected chi connectivity index (χ1v) is 3.27. The van der Waals surface area contributed by atoms with E-state index in [-0.39, 0.29) is 10.5 Å². The van der Waals surface area contributed by atoms with Gasteiger partial charge in [-0.25, -0.2) is 4.39 Å². The van der Waals surface area contributed by atoms with Gasteiger partial charge in [0, 0.05) is 5.02 Å². The molecule has 2 radical (unpaired) electrons. The van der Waals surface area contributed by atoms with E-state index in [2.05, 4.69) is 0 Å². The first-order valence-electron chi connectivity index (χ1n) is 2.51. The monoisotopic (exact) mass is 174 g/mol. The zero-order chi connectivity index (χ0) is 7.72. The van der Waals surface area contributed by atoms with E-state index < -0.39 is 5.82 Å². The molecule has 1 aromatic carbocycles. The van der Waals surface area contributed by atoms with Crippen LogP contribution in [0.5, 0.6) is 0 Å². The lowest BCUT2D eigenvalue weighted by molar-refractivity contribution is 0.636. The van der Waals surface area contributed by atoms with Gasteiger partial charge in [-0.15, -0.1) is 0 Å². The third kappa shape index (κ3) is 1.44. The van der Waals surface area contributed by atoms with Crippen LogP contribution in [0.25, 0.3) is 0 Å². The van der Waals surface area contributed by atoms with E-state index in [1.54, 1.807) is 0 Å². The zero-order valence-corrected chi connectivity index (χ0v) is 6.38. The SMILES string of the molecule is [B]c1cc(Cl)cc(Cl)c1F. The summed E-state index contributed by atoms with van der Waals surface area (Å²) in [6, 6.07) is 2.61. The molecule has 0 aliphatic heterocycles. The molecule has 0 nitrogen and oxygen atoms in total. The summed E-state index contributed by atoms with van der Waals surface area (Å²) in [5.74, 6) is -0.619. The molecule has 1 aromatic rings. The maximum absolute atomic E-state index is 12.6. The summed E-state index contributed by atoms with van der Waals surface area (Å²) >= 11 is 10.9. The van der Waals surface area contributed by atoms with Gasteiger partial charge in [0.1, 0.15) is 13.7 Å². The van der Waals surface area contributed by atoms with Crippen molar-refractivity contribution in [2.75, 3.05) is 0 Å². The molecule has 0 saturated heterocycles. The van der Waals surface area contributed by atoms with E-state index in [0.29, 0.717) is 5.02 Å². The van der Waals surface area contributed by atoms with Gasteiger partial charge in [0.25, 0.3) is 0 Å². The molecule has 0 unspecified atom stereocenters. The first-order chi connectivity index (χ1) is 4.61. The topological polar surface area (TPSA) is 0 Å². The lowest BCUT2D eigenvalue weighted by Crippen LogP contribution is -2.07. The highest BCUT2D eigenvalue weighted by atomic mass is 35.5. The lowest BCUT2D eigenvalue weighted by atomic mass is 9.96. The molecule has 0 spiro atoms. The van der Waals surface area contributed by atoms with Gasteiger partial charge in [0.05, 0.1) is 5.02 Å². The van der Waals surface area contributed by atoms with Crippen molar-refractivity contribution in [3.8, 4) is 0 Å². The summed E-state index contributed by atoms with van der Waals surface area (Å²) in [5, 5.41) is 0.286. The Balaban J connectivity index is 3.31. The number of halogens is 3. The fraction of sp³-hybridized carbons (Fsp3) is 0. The number of hydrogen-bond donors (Lipinski definition) is 0. The fourth-order valence-electron chi connectivity index (χ4n) is 0.576. The molecule has 0 aromatic heterocycles. The minimum absolute atomic E-state index is 0.0301. The largest absolute Gasteiger partial charge is 0.206 e.